The third-order valence-electron chi connectivity index (χ3n) is 2.33. The predicted molar refractivity (Wildman–Crippen MR) is 108 cm³/mol. The van der Waals surface area contributed by atoms with Gasteiger partial charge in [0, 0.05) is 0 Å². The zero-order chi connectivity index (χ0) is 19.3. The second-order valence-electron chi connectivity index (χ2n) is 4.44. The molecule has 0 fully saturated rings. The Balaban J connectivity index is 0. The van der Waals surface area contributed by atoms with Gasteiger partial charge in [0.15, 0.2) is 0 Å². The molecular formula is C21H23NaO4S. The summed E-state index contributed by atoms with van der Waals surface area (Å²) in [7, 11) is -4.67. The van der Waals surface area contributed by atoms with E-state index >= 15 is 0 Å². The summed E-state index contributed by atoms with van der Waals surface area (Å²) in [5.41, 5.74) is 0. The van der Waals surface area contributed by atoms with Crippen molar-refractivity contribution in [3.8, 4) is 0 Å². The molecule has 27 heavy (non-hydrogen) atoms. The van der Waals surface area contributed by atoms with Crippen molar-refractivity contribution < 1.29 is 46.7 Å². The predicted octanol–water partition coefficient (Wildman–Crippen LogP) is 2.01. The second kappa shape index (κ2) is 20.4. The van der Waals surface area contributed by atoms with E-state index in [4.69, 9.17) is 0 Å². The molecule has 0 heterocycles. The van der Waals surface area contributed by atoms with Gasteiger partial charge in [-0.25, -0.2) is 8.42 Å². The van der Waals surface area contributed by atoms with E-state index in [1.54, 1.807) is 18.2 Å². The van der Waals surface area contributed by atoms with Crippen molar-refractivity contribution in [1.29, 1.82) is 0 Å². The van der Waals surface area contributed by atoms with E-state index in [2.05, 4.69) is 4.18 Å². The topological polar surface area (TPSA) is 66.4 Å². The van der Waals surface area contributed by atoms with Gasteiger partial charge in [-0.3, -0.25) is 0 Å². The third-order valence-corrected chi connectivity index (χ3v) is 2.68. The van der Waals surface area contributed by atoms with Crippen LogP contribution in [0.3, 0.4) is 0 Å². The van der Waals surface area contributed by atoms with E-state index in [9.17, 15) is 13.0 Å². The van der Waals surface area contributed by atoms with Gasteiger partial charge in [0.25, 0.3) is 10.4 Å². The zero-order valence-electron chi connectivity index (χ0n) is 15.6. The van der Waals surface area contributed by atoms with Crippen molar-refractivity contribution in [2.75, 3.05) is 0 Å². The summed E-state index contributed by atoms with van der Waals surface area (Å²) in [6.45, 7) is 1.97. The van der Waals surface area contributed by atoms with Gasteiger partial charge in [-0.05, 0) is 13.0 Å². The zero-order valence-corrected chi connectivity index (χ0v) is 18.4. The minimum absolute atomic E-state index is 0. The monoisotopic (exact) mass is 394 g/mol. The Morgan fingerprint density at radius 1 is 0.556 bits per heavy atom. The SMILES string of the molecule is C/C=C/C=C/C=C/C=C/C=C/C=C/C=C/C=C/C=C/C=C/OS(=O)(=O)[O-].[Na+]. The Morgan fingerprint density at radius 3 is 1.07 bits per heavy atom. The Hall–Kier alpha value is -1.89. The Labute approximate surface area is 185 Å². The molecule has 0 saturated heterocycles. The molecule has 0 radical (unpaired) electrons. The molecular weight excluding hydrogens is 371 g/mol. The van der Waals surface area contributed by atoms with Crippen LogP contribution in [0.2, 0.25) is 0 Å². The minimum atomic E-state index is -4.67. The van der Waals surface area contributed by atoms with Crippen LogP contribution < -0.4 is 29.6 Å². The molecule has 0 spiro atoms. The van der Waals surface area contributed by atoms with Crippen LogP contribution in [0.1, 0.15) is 6.92 Å². The molecule has 0 rings (SSSR count). The summed E-state index contributed by atoms with van der Waals surface area (Å²) in [6, 6.07) is 0. The molecule has 0 aromatic rings. The maximum atomic E-state index is 10.1. The minimum Gasteiger partial charge on any atom is -0.716 e. The summed E-state index contributed by atoms with van der Waals surface area (Å²) in [5, 5.41) is 0. The summed E-state index contributed by atoms with van der Waals surface area (Å²) in [4.78, 5) is 0. The van der Waals surface area contributed by atoms with E-state index in [0.717, 1.165) is 6.26 Å². The van der Waals surface area contributed by atoms with Crippen molar-refractivity contribution >= 4 is 10.4 Å². The van der Waals surface area contributed by atoms with Gasteiger partial charge in [0.1, 0.15) is 6.26 Å². The van der Waals surface area contributed by atoms with Gasteiger partial charge < -0.3 is 8.74 Å². The molecule has 0 atom stereocenters. The average molecular weight is 394 g/mol. The fourth-order valence-electron chi connectivity index (χ4n) is 1.28. The van der Waals surface area contributed by atoms with Crippen molar-refractivity contribution in [3.63, 3.8) is 0 Å². The van der Waals surface area contributed by atoms with E-state index in [1.165, 1.54) is 12.2 Å². The Kier molecular flexibility index (Phi) is 20.7. The summed E-state index contributed by atoms with van der Waals surface area (Å²) < 4.78 is 34.3. The Morgan fingerprint density at radius 2 is 0.815 bits per heavy atom. The van der Waals surface area contributed by atoms with Crippen molar-refractivity contribution in [1.82, 2.24) is 0 Å². The Bertz CT molecular complexity index is 760. The molecule has 6 heteroatoms. The van der Waals surface area contributed by atoms with Gasteiger partial charge in [-0.15, -0.1) is 0 Å². The van der Waals surface area contributed by atoms with Crippen LogP contribution in [-0.4, -0.2) is 13.0 Å². The first-order chi connectivity index (χ1) is 12.6. The van der Waals surface area contributed by atoms with E-state index < -0.39 is 10.4 Å². The van der Waals surface area contributed by atoms with Crippen LogP contribution >= 0.6 is 0 Å². The largest absolute Gasteiger partial charge is 1.00 e. The summed E-state index contributed by atoms with van der Waals surface area (Å²) in [6.07, 6.45) is 35.9. The van der Waals surface area contributed by atoms with Crippen LogP contribution in [0.15, 0.2) is 122 Å². The van der Waals surface area contributed by atoms with Crippen LogP contribution in [0.5, 0.6) is 0 Å². The molecule has 0 aliphatic carbocycles. The third kappa shape index (κ3) is 26.4. The fraction of sp³-hybridized carbons (Fsp3) is 0.0476. The number of hydrogen-bond donors (Lipinski definition) is 0. The number of allylic oxidation sites excluding steroid dienone is 19. The molecule has 0 aromatic heterocycles. The summed E-state index contributed by atoms with van der Waals surface area (Å²) >= 11 is 0. The quantitative estimate of drug-likeness (QED) is 0.177. The molecule has 0 unspecified atom stereocenters. The smallest absolute Gasteiger partial charge is 0.716 e. The van der Waals surface area contributed by atoms with Gasteiger partial charge in [0.05, 0.1) is 0 Å². The number of hydrogen-bond acceptors (Lipinski definition) is 4. The normalized spacial score (nSPS) is 14.3. The first kappa shape index (κ1) is 27.3. The number of rotatable bonds is 11. The van der Waals surface area contributed by atoms with Crippen LogP contribution in [0, 0.1) is 0 Å². The first-order valence-electron chi connectivity index (χ1n) is 7.81. The van der Waals surface area contributed by atoms with Crippen LogP contribution in [-0.2, 0) is 14.6 Å². The van der Waals surface area contributed by atoms with Crippen molar-refractivity contribution in [3.05, 3.63) is 122 Å². The molecule has 0 aliphatic rings. The van der Waals surface area contributed by atoms with Crippen molar-refractivity contribution in [2.45, 2.75) is 6.92 Å². The molecule has 0 saturated carbocycles. The fourth-order valence-corrected chi connectivity index (χ4v) is 1.48. The molecule has 0 N–H and O–H groups in total. The summed E-state index contributed by atoms with van der Waals surface area (Å²) in [5.74, 6) is 0. The van der Waals surface area contributed by atoms with Gasteiger partial charge in [0.2, 0.25) is 0 Å². The molecule has 0 aliphatic heterocycles. The van der Waals surface area contributed by atoms with Crippen LogP contribution in [0.25, 0.3) is 0 Å². The van der Waals surface area contributed by atoms with Gasteiger partial charge in [-0.2, -0.15) is 0 Å². The molecule has 0 aromatic carbocycles. The van der Waals surface area contributed by atoms with Crippen molar-refractivity contribution in [2.24, 2.45) is 0 Å². The van der Waals surface area contributed by atoms with Gasteiger partial charge in [-0.1, -0.05) is 109 Å². The first-order valence-corrected chi connectivity index (χ1v) is 9.15. The molecule has 4 nitrogen and oxygen atoms in total. The van der Waals surface area contributed by atoms with Gasteiger partial charge >= 0.3 is 29.6 Å². The van der Waals surface area contributed by atoms with Crippen LogP contribution in [0.4, 0.5) is 0 Å². The molecule has 0 amide bonds. The molecule has 0 bridgehead atoms. The van der Waals surface area contributed by atoms with E-state index in [1.807, 2.05) is 92.0 Å². The van der Waals surface area contributed by atoms with E-state index in [0.29, 0.717) is 0 Å². The maximum Gasteiger partial charge on any atom is 1.00 e. The maximum absolute atomic E-state index is 10.1. The second-order valence-corrected chi connectivity index (χ2v) is 5.45. The standard InChI is InChI=1S/C21H24O4S.Na/c1-2-3-4-5-6-7-8-9-10-11-12-13-14-15-16-17-18-19-20-21-25-26(22,23)24;/h2-21H,1H3,(H,22,23,24);/q;+1/p-1/b3-2+,5-4+,7-6+,9-8+,11-10+,13-12+,15-14+,17-16+,19-18+,21-20+;. The molecule has 138 valence electrons. The average Bonchev–Trinajstić information content (AvgIpc) is 2.59. The van der Waals surface area contributed by atoms with E-state index in [-0.39, 0.29) is 29.6 Å².